The van der Waals surface area contributed by atoms with Crippen LogP contribution in [0.25, 0.3) is 6.08 Å². The number of methoxy groups -OCH3 is 1. The van der Waals surface area contributed by atoms with Gasteiger partial charge in [-0.15, -0.1) is 0 Å². The molecule has 0 bridgehead atoms. The summed E-state index contributed by atoms with van der Waals surface area (Å²) < 4.78 is 5.69. The molecule has 1 N–H and O–H groups in total. The van der Waals surface area contributed by atoms with E-state index in [-0.39, 0.29) is 5.91 Å². The van der Waals surface area contributed by atoms with E-state index < -0.39 is 0 Å². The molecule has 6 heteroatoms. The lowest BCUT2D eigenvalue weighted by atomic mass is 10.2. The molecule has 4 nitrogen and oxygen atoms in total. The molecule has 0 unspecified atom stereocenters. The Morgan fingerprint density at radius 3 is 2.54 bits per heavy atom. The summed E-state index contributed by atoms with van der Waals surface area (Å²) in [5.74, 6) is 0.715. The maximum Gasteiger partial charge on any atom is 0.267 e. The summed E-state index contributed by atoms with van der Waals surface area (Å²) in [6.45, 7) is 0.336. The van der Waals surface area contributed by atoms with E-state index in [2.05, 4.69) is 5.32 Å². The van der Waals surface area contributed by atoms with Crippen molar-refractivity contribution in [2.75, 3.05) is 19.1 Å². The van der Waals surface area contributed by atoms with E-state index in [1.165, 1.54) is 11.8 Å². The van der Waals surface area contributed by atoms with Gasteiger partial charge in [0.1, 0.15) is 10.1 Å². The third-order valence-electron chi connectivity index (χ3n) is 3.50. The minimum Gasteiger partial charge on any atom is -0.497 e. The summed E-state index contributed by atoms with van der Waals surface area (Å²) in [6, 6.07) is 17.3. The number of thioether (sulfide) groups is 1. The minimum atomic E-state index is -0.0742. The molecule has 1 saturated heterocycles. The number of carbonyl (C=O) groups excluding carboxylic acids is 1. The Balaban J connectivity index is 1.67. The average Bonchev–Trinajstić information content (AvgIpc) is 2.88. The Morgan fingerprint density at radius 2 is 1.88 bits per heavy atom. The second kappa shape index (κ2) is 7.51. The zero-order valence-electron chi connectivity index (χ0n) is 13.1. The molecule has 122 valence electrons. The molecule has 24 heavy (non-hydrogen) atoms. The van der Waals surface area contributed by atoms with Crippen LogP contribution in [0.15, 0.2) is 59.5 Å². The van der Waals surface area contributed by atoms with Gasteiger partial charge in [-0.1, -0.05) is 54.3 Å². The highest BCUT2D eigenvalue weighted by Gasteiger charge is 2.31. The average molecular weight is 356 g/mol. The highest BCUT2D eigenvalue weighted by Crippen LogP contribution is 2.32. The fourth-order valence-corrected chi connectivity index (χ4v) is 3.47. The van der Waals surface area contributed by atoms with Crippen LogP contribution in [0.3, 0.4) is 0 Å². The summed E-state index contributed by atoms with van der Waals surface area (Å²) in [5.41, 5.74) is 1.89. The van der Waals surface area contributed by atoms with Crippen molar-refractivity contribution in [3.8, 4) is 5.75 Å². The van der Waals surface area contributed by atoms with Crippen molar-refractivity contribution in [2.45, 2.75) is 0 Å². The van der Waals surface area contributed by atoms with Gasteiger partial charge >= 0.3 is 0 Å². The van der Waals surface area contributed by atoms with Crippen molar-refractivity contribution in [1.82, 2.24) is 4.90 Å². The smallest absolute Gasteiger partial charge is 0.267 e. The quantitative estimate of drug-likeness (QED) is 0.649. The Morgan fingerprint density at radius 1 is 1.17 bits per heavy atom. The van der Waals surface area contributed by atoms with Gasteiger partial charge in [-0.2, -0.15) is 0 Å². The standard InChI is InChI=1S/C18H16N2O2S2/c1-22-15-9-7-14(8-10-15)19-12-20-17(21)16(24-18(20)23)11-13-5-3-2-4-6-13/h2-11,19H,12H2,1H3/b16-11-. The van der Waals surface area contributed by atoms with Gasteiger partial charge < -0.3 is 10.1 Å². The molecule has 0 saturated carbocycles. The zero-order valence-corrected chi connectivity index (χ0v) is 14.7. The van der Waals surface area contributed by atoms with Gasteiger partial charge in [-0.25, -0.2) is 0 Å². The SMILES string of the molecule is COc1ccc(NCN2C(=O)/C(=C/c3ccccc3)SC2=S)cc1. The van der Waals surface area contributed by atoms with Gasteiger partial charge in [0.15, 0.2) is 0 Å². The zero-order chi connectivity index (χ0) is 16.9. The van der Waals surface area contributed by atoms with Gasteiger partial charge in [0.2, 0.25) is 0 Å². The Labute approximate surface area is 150 Å². The van der Waals surface area contributed by atoms with Crippen LogP contribution < -0.4 is 10.1 Å². The van der Waals surface area contributed by atoms with Crippen LogP contribution in [0, 0.1) is 0 Å². The van der Waals surface area contributed by atoms with E-state index in [4.69, 9.17) is 17.0 Å². The fraction of sp³-hybridized carbons (Fsp3) is 0.111. The number of nitrogens with zero attached hydrogens (tertiary/aromatic N) is 1. The third-order valence-corrected chi connectivity index (χ3v) is 4.88. The van der Waals surface area contributed by atoms with Crippen LogP contribution in [-0.4, -0.2) is 28.9 Å². The molecule has 2 aromatic rings. The van der Waals surface area contributed by atoms with Gasteiger partial charge in [0.25, 0.3) is 5.91 Å². The number of carbonyl (C=O) groups is 1. The fourth-order valence-electron chi connectivity index (χ4n) is 2.22. The second-order valence-corrected chi connectivity index (χ2v) is 6.76. The maximum atomic E-state index is 12.5. The van der Waals surface area contributed by atoms with Crippen LogP contribution in [0.4, 0.5) is 5.69 Å². The summed E-state index contributed by atoms with van der Waals surface area (Å²) >= 11 is 6.66. The number of hydrogen-bond acceptors (Lipinski definition) is 5. The normalized spacial score (nSPS) is 15.9. The third kappa shape index (κ3) is 3.77. The molecule has 0 spiro atoms. The Kier molecular flexibility index (Phi) is 5.17. The lowest BCUT2D eigenvalue weighted by Gasteiger charge is -2.16. The monoisotopic (exact) mass is 356 g/mol. The van der Waals surface area contributed by atoms with Gasteiger partial charge in [-0.05, 0) is 35.9 Å². The predicted molar refractivity (Wildman–Crippen MR) is 103 cm³/mol. The molecule has 0 aliphatic carbocycles. The van der Waals surface area contributed by atoms with Crippen molar-refractivity contribution in [3.05, 3.63) is 65.1 Å². The molecule has 0 radical (unpaired) electrons. The molecule has 3 rings (SSSR count). The van der Waals surface area contributed by atoms with Crippen molar-refractivity contribution in [2.24, 2.45) is 0 Å². The maximum absolute atomic E-state index is 12.5. The van der Waals surface area contributed by atoms with E-state index in [0.29, 0.717) is 15.9 Å². The van der Waals surface area contributed by atoms with Crippen LogP contribution in [0.5, 0.6) is 5.75 Å². The molecule has 1 aliphatic rings. The number of hydrogen-bond donors (Lipinski definition) is 1. The molecular formula is C18H16N2O2S2. The molecule has 1 fully saturated rings. The van der Waals surface area contributed by atoms with E-state index in [1.807, 2.05) is 60.7 Å². The first-order valence-corrected chi connectivity index (χ1v) is 8.58. The van der Waals surface area contributed by atoms with Crippen LogP contribution in [-0.2, 0) is 4.79 Å². The van der Waals surface area contributed by atoms with E-state index in [1.54, 1.807) is 12.0 Å². The first kappa shape index (κ1) is 16.5. The number of anilines is 1. The minimum absolute atomic E-state index is 0.0742. The van der Waals surface area contributed by atoms with Gasteiger partial charge in [-0.3, -0.25) is 9.69 Å². The number of ether oxygens (including phenoxy) is 1. The highest BCUT2D eigenvalue weighted by molar-refractivity contribution is 8.26. The summed E-state index contributed by atoms with van der Waals surface area (Å²) in [5, 5.41) is 3.20. The van der Waals surface area contributed by atoms with Crippen molar-refractivity contribution < 1.29 is 9.53 Å². The van der Waals surface area contributed by atoms with Crippen LogP contribution in [0.2, 0.25) is 0 Å². The van der Waals surface area contributed by atoms with Crippen molar-refractivity contribution in [1.29, 1.82) is 0 Å². The van der Waals surface area contributed by atoms with Crippen molar-refractivity contribution in [3.63, 3.8) is 0 Å². The van der Waals surface area contributed by atoms with E-state index in [9.17, 15) is 4.79 Å². The predicted octanol–water partition coefficient (Wildman–Crippen LogP) is 3.97. The Hall–Kier alpha value is -2.31. The molecule has 1 aliphatic heterocycles. The van der Waals surface area contributed by atoms with E-state index in [0.717, 1.165) is 17.0 Å². The van der Waals surface area contributed by atoms with Crippen LogP contribution in [0.1, 0.15) is 5.56 Å². The van der Waals surface area contributed by atoms with E-state index >= 15 is 0 Å². The number of thiocarbonyl (C=S) groups is 1. The molecule has 2 aromatic carbocycles. The summed E-state index contributed by atoms with van der Waals surface area (Å²) in [6.07, 6.45) is 1.87. The first-order chi connectivity index (χ1) is 11.7. The van der Waals surface area contributed by atoms with Gasteiger partial charge in [0.05, 0.1) is 18.7 Å². The first-order valence-electron chi connectivity index (χ1n) is 7.36. The number of rotatable bonds is 5. The van der Waals surface area contributed by atoms with Crippen LogP contribution >= 0.6 is 24.0 Å². The number of amides is 1. The lowest BCUT2D eigenvalue weighted by molar-refractivity contribution is -0.121. The molecule has 1 heterocycles. The van der Waals surface area contributed by atoms with Crippen molar-refractivity contribution >= 4 is 46.0 Å². The number of nitrogens with one attached hydrogen (secondary N) is 1. The highest BCUT2D eigenvalue weighted by atomic mass is 32.2. The molecule has 0 atom stereocenters. The molecule has 0 aromatic heterocycles. The topological polar surface area (TPSA) is 41.6 Å². The number of benzene rings is 2. The molecule has 1 amide bonds. The largest absolute Gasteiger partial charge is 0.497 e. The lowest BCUT2D eigenvalue weighted by Crippen LogP contribution is -2.33. The molecular weight excluding hydrogens is 340 g/mol. The summed E-state index contributed by atoms with van der Waals surface area (Å²) in [4.78, 5) is 14.7. The Bertz CT molecular complexity index is 773. The van der Waals surface area contributed by atoms with Gasteiger partial charge in [0, 0.05) is 5.69 Å². The second-order valence-electron chi connectivity index (χ2n) is 5.08. The summed E-state index contributed by atoms with van der Waals surface area (Å²) in [7, 11) is 1.63.